The van der Waals surface area contributed by atoms with E-state index in [9.17, 15) is 9.59 Å². The van der Waals surface area contributed by atoms with E-state index in [1.54, 1.807) is 5.57 Å². The second-order valence-corrected chi connectivity index (χ2v) is 16.2. The molecule has 0 bridgehead atoms. The van der Waals surface area contributed by atoms with Crippen molar-refractivity contribution in [3.8, 4) is 0 Å². The highest BCUT2D eigenvalue weighted by Gasteiger charge is 2.59. The summed E-state index contributed by atoms with van der Waals surface area (Å²) in [5.74, 6) is 4.78. The summed E-state index contributed by atoms with van der Waals surface area (Å²) in [4.78, 5) is 27.6. The van der Waals surface area contributed by atoms with Gasteiger partial charge in [0.2, 0.25) is 5.91 Å². The van der Waals surface area contributed by atoms with Gasteiger partial charge in [-0.25, -0.2) is 0 Å². The van der Waals surface area contributed by atoms with Crippen LogP contribution in [0.2, 0.25) is 0 Å². The maximum atomic E-state index is 12.9. The second-order valence-electron chi connectivity index (χ2n) is 16.2. The lowest BCUT2D eigenvalue weighted by molar-refractivity contribution is -0.153. The fourth-order valence-electron chi connectivity index (χ4n) is 10.5. The zero-order valence-electron chi connectivity index (χ0n) is 29.1. The zero-order valence-corrected chi connectivity index (χ0v) is 29.1. The van der Waals surface area contributed by atoms with Crippen molar-refractivity contribution < 1.29 is 14.3 Å². The average molecular weight is 614 g/mol. The Morgan fingerprint density at radius 1 is 0.909 bits per heavy atom. The van der Waals surface area contributed by atoms with Gasteiger partial charge >= 0.3 is 5.97 Å². The molecule has 0 heterocycles. The summed E-state index contributed by atoms with van der Waals surface area (Å²) in [6.07, 6.45) is 19.3. The number of amides is 1. The predicted octanol–water partition coefficient (Wildman–Crippen LogP) is 7.64. The molecule has 44 heavy (non-hydrogen) atoms. The van der Waals surface area contributed by atoms with Gasteiger partial charge in [-0.05, 0) is 124 Å². The Morgan fingerprint density at radius 2 is 1.66 bits per heavy atom. The van der Waals surface area contributed by atoms with Crippen LogP contribution < -0.4 is 11.5 Å². The molecule has 0 radical (unpaired) electrons. The Hall–Kier alpha value is -1.40. The van der Waals surface area contributed by atoms with E-state index in [4.69, 9.17) is 16.2 Å². The summed E-state index contributed by atoms with van der Waals surface area (Å²) in [5.41, 5.74) is 13.6. The van der Waals surface area contributed by atoms with Crippen LogP contribution in [0.25, 0.3) is 0 Å². The van der Waals surface area contributed by atoms with Crippen molar-refractivity contribution in [2.24, 2.45) is 57.8 Å². The van der Waals surface area contributed by atoms with Gasteiger partial charge in [0.25, 0.3) is 0 Å². The molecule has 0 unspecified atom stereocenters. The molecule has 4 N–H and O–H groups in total. The third-order valence-corrected chi connectivity index (χ3v) is 13.0. The second kappa shape index (κ2) is 15.9. The summed E-state index contributed by atoms with van der Waals surface area (Å²) in [6.45, 7) is 15.0. The van der Waals surface area contributed by atoms with Gasteiger partial charge in [0.1, 0.15) is 6.10 Å². The molecule has 252 valence electrons. The standard InChI is InChI=1S/C38H67N3O3/c1-27(2)10-8-11-28(3)32-14-15-33-31-13-12-29-26-30(18-20-37(29,4)34(31)19-21-38(32,33)5)44-36(43)17-16-35(42)41(25-9-23-40)24-7-6-22-39/h12,27-28,30-34H,6-11,13-26,39-40H2,1-5H3/t28-,30+,31+,32-,33+,34+,37+,38-/m1/s1. The van der Waals surface area contributed by atoms with Crippen LogP contribution in [0.3, 0.4) is 0 Å². The van der Waals surface area contributed by atoms with Crippen molar-refractivity contribution in [3.63, 3.8) is 0 Å². The summed E-state index contributed by atoms with van der Waals surface area (Å²) in [6, 6.07) is 0. The normalized spacial score (nSPS) is 33.6. The van der Waals surface area contributed by atoms with Crippen LogP contribution in [0.1, 0.15) is 137 Å². The molecule has 6 heteroatoms. The van der Waals surface area contributed by atoms with E-state index in [1.807, 2.05) is 4.90 Å². The number of rotatable bonds is 16. The Kier molecular flexibility index (Phi) is 12.8. The van der Waals surface area contributed by atoms with Crippen LogP contribution in [0.4, 0.5) is 0 Å². The Balaban J connectivity index is 1.30. The fourth-order valence-corrected chi connectivity index (χ4v) is 10.5. The van der Waals surface area contributed by atoms with Crippen molar-refractivity contribution in [1.82, 2.24) is 4.90 Å². The highest BCUT2D eigenvalue weighted by Crippen LogP contribution is 2.67. The lowest BCUT2D eigenvalue weighted by Crippen LogP contribution is -2.51. The van der Waals surface area contributed by atoms with Gasteiger partial charge in [-0.3, -0.25) is 9.59 Å². The van der Waals surface area contributed by atoms with Crippen LogP contribution >= 0.6 is 0 Å². The molecular weight excluding hydrogens is 546 g/mol. The molecule has 0 saturated heterocycles. The number of fused-ring (bicyclic) bond motifs is 5. The molecule has 3 saturated carbocycles. The van der Waals surface area contributed by atoms with Crippen molar-refractivity contribution in [3.05, 3.63) is 11.6 Å². The Labute approximate surface area is 269 Å². The number of hydrogen-bond acceptors (Lipinski definition) is 5. The van der Waals surface area contributed by atoms with Gasteiger partial charge in [-0.2, -0.15) is 0 Å². The van der Waals surface area contributed by atoms with Crippen molar-refractivity contribution >= 4 is 11.9 Å². The smallest absolute Gasteiger partial charge is 0.306 e. The van der Waals surface area contributed by atoms with E-state index >= 15 is 0 Å². The third-order valence-electron chi connectivity index (χ3n) is 13.0. The highest BCUT2D eigenvalue weighted by molar-refractivity contribution is 5.81. The van der Waals surface area contributed by atoms with Crippen molar-refractivity contribution in [2.75, 3.05) is 26.2 Å². The van der Waals surface area contributed by atoms with Crippen LogP contribution in [0.5, 0.6) is 0 Å². The van der Waals surface area contributed by atoms with E-state index in [0.29, 0.717) is 31.6 Å². The molecule has 4 aliphatic carbocycles. The van der Waals surface area contributed by atoms with E-state index in [0.717, 1.165) is 74.0 Å². The Bertz CT molecular complexity index is 980. The van der Waals surface area contributed by atoms with Gasteiger partial charge in [-0.15, -0.1) is 0 Å². The van der Waals surface area contributed by atoms with Crippen molar-refractivity contribution in [2.45, 2.75) is 143 Å². The summed E-state index contributed by atoms with van der Waals surface area (Å²) >= 11 is 0. The topological polar surface area (TPSA) is 98.7 Å². The minimum Gasteiger partial charge on any atom is -0.462 e. The molecule has 4 rings (SSSR count). The molecule has 0 aromatic heterocycles. The van der Waals surface area contributed by atoms with Crippen LogP contribution in [0, 0.1) is 46.3 Å². The van der Waals surface area contributed by atoms with Gasteiger partial charge in [0.05, 0.1) is 6.42 Å². The van der Waals surface area contributed by atoms with Gasteiger partial charge in [0, 0.05) is 25.9 Å². The Morgan fingerprint density at radius 3 is 2.39 bits per heavy atom. The van der Waals surface area contributed by atoms with E-state index in [2.05, 4.69) is 40.7 Å². The lowest BCUT2D eigenvalue weighted by Gasteiger charge is -2.58. The number of nitrogens with zero attached hydrogens (tertiary/aromatic N) is 1. The largest absolute Gasteiger partial charge is 0.462 e. The van der Waals surface area contributed by atoms with Gasteiger partial charge < -0.3 is 21.1 Å². The molecule has 0 aromatic carbocycles. The van der Waals surface area contributed by atoms with Crippen LogP contribution in [-0.2, 0) is 14.3 Å². The predicted molar refractivity (Wildman–Crippen MR) is 181 cm³/mol. The van der Waals surface area contributed by atoms with Crippen LogP contribution in [-0.4, -0.2) is 49.1 Å². The fraction of sp³-hybridized carbons (Fsp3) is 0.895. The first-order chi connectivity index (χ1) is 21.0. The molecule has 1 amide bonds. The van der Waals surface area contributed by atoms with Gasteiger partial charge in [-0.1, -0.05) is 65.5 Å². The lowest BCUT2D eigenvalue weighted by atomic mass is 9.47. The quantitative estimate of drug-likeness (QED) is 0.106. The summed E-state index contributed by atoms with van der Waals surface area (Å²) in [5, 5.41) is 0. The number of ether oxygens (including phenoxy) is 1. The first-order valence-corrected chi connectivity index (χ1v) is 18.6. The molecule has 0 aliphatic heterocycles. The van der Waals surface area contributed by atoms with E-state index < -0.39 is 0 Å². The number of carbonyl (C=O) groups excluding carboxylic acids is 2. The molecule has 3 fully saturated rings. The minimum atomic E-state index is -0.227. The number of nitrogens with two attached hydrogens (primary N) is 2. The molecule has 6 nitrogen and oxygen atoms in total. The molecule has 0 spiro atoms. The third kappa shape index (κ3) is 8.11. The maximum absolute atomic E-state index is 12.9. The van der Waals surface area contributed by atoms with Crippen LogP contribution in [0.15, 0.2) is 11.6 Å². The first-order valence-electron chi connectivity index (χ1n) is 18.6. The highest BCUT2D eigenvalue weighted by atomic mass is 16.5. The number of allylic oxidation sites excluding steroid dienone is 1. The molecule has 8 atom stereocenters. The van der Waals surface area contributed by atoms with Crippen molar-refractivity contribution in [1.29, 1.82) is 0 Å². The number of carbonyl (C=O) groups is 2. The van der Waals surface area contributed by atoms with E-state index in [-0.39, 0.29) is 36.2 Å². The molecular formula is C38H67N3O3. The number of unbranched alkanes of at least 4 members (excludes halogenated alkanes) is 1. The summed E-state index contributed by atoms with van der Waals surface area (Å²) in [7, 11) is 0. The average Bonchev–Trinajstić information content (AvgIpc) is 3.35. The monoisotopic (exact) mass is 614 g/mol. The number of hydrogen-bond donors (Lipinski definition) is 2. The van der Waals surface area contributed by atoms with E-state index in [1.165, 1.54) is 51.4 Å². The summed E-state index contributed by atoms with van der Waals surface area (Å²) < 4.78 is 6.02. The SMILES string of the molecule is CC(C)CCC[C@@H](C)[C@H]1CC[C@H]2[C@@H]3CC=C4C[C@@H](OC(=O)CCC(=O)N(CCCN)CCCCN)CC[C@]4(C)[C@H]3CC[C@]12C. The first kappa shape index (κ1) is 35.5. The zero-order chi connectivity index (χ0) is 31.9. The molecule has 4 aliphatic rings. The van der Waals surface area contributed by atoms with Gasteiger partial charge in [0.15, 0.2) is 0 Å². The molecule has 0 aromatic rings. The minimum absolute atomic E-state index is 0.0214. The maximum Gasteiger partial charge on any atom is 0.306 e. The number of esters is 1.